The number of fused-ring (bicyclic) bond motifs is 1. The monoisotopic (exact) mass is 428 g/mol. The highest BCUT2D eigenvalue weighted by molar-refractivity contribution is 5.84. The van der Waals surface area contributed by atoms with Gasteiger partial charge in [-0.3, -0.25) is 0 Å². The zero-order valence-corrected chi connectivity index (χ0v) is 17.9. The van der Waals surface area contributed by atoms with Crippen LogP contribution < -0.4 is 0 Å². The second-order valence-corrected chi connectivity index (χ2v) is 8.90. The van der Waals surface area contributed by atoms with Crippen molar-refractivity contribution < 1.29 is 17.6 Å². The molecule has 0 heterocycles. The van der Waals surface area contributed by atoms with Gasteiger partial charge in [0.2, 0.25) is 0 Å². The lowest BCUT2D eigenvalue weighted by atomic mass is 9.77. The Morgan fingerprint density at radius 1 is 0.774 bits per heavy atom. The molecule has 0 unspecified atom stereocenters. The van der Waals surface area contributed by atoms with E-state index in [2.05, 4.69) is 13.0 Å². The summed E-state index contributed by atoms with van der Waals surface area (Å²) in [5.41, 5.74) is 2.09. The number of rotatable bonds is 6. The molecule has 0 nitrogen and oxygen atoms in total. The molecule has 3 aromatic rings. The summed E-state index contributed by atoms with van der Waals surface area (Å²) in [6.07, 6.45) is 8.02. The van der Waals surface area contributed by atoms with Crippen LogP contribution in [-0.2, 0) is 12.8 Å². The van der Waals surface area contributed by atoms with Gasteiger partial charge in [0.05, 0.1) is 0 Å². The van der Waals surface area contributed by atoms with Gasteiger partial charge in [0, 0.05) is 5.39 Å². The van der Waals surface area contributed by atoms with Crippen LogP contribution in [-0.4, -0.2) is 0 Å². The van der Waals surface area contributed by atoms with Gasteiger partial charge in [0.1, 0.15) is 5.82 Å². The maximum Gasteiger partial charge on any atom is 0.194 e. The van der Waals surface area contributed by atoms with E-state index < -0.39 is 17.5 Å². The highest BCUT2D eigenvalue weighted by atomic mass is 19.2. The molecule has 0 spiro atoms. The summed E-state index contributed by atoms with van der Waals surface area (Å²) in [4.78, 5) is 0. The molecular formula is C27H28F4. The van der Waals surface area contributed by atoms with Crippen LogP contribution in [0.3, 0.4) is 0 Å². The first kappa shape index (κ1) is 21.9. The molecule has 31 heavy (non-hydrogen) atoms. The van der Waals surface area contributed by atoms with Gasteiger partial charge < -0.3 is 0 Å². The molecule has 0 amide bonds. The summed E-state index contributed by atoms with van der Waals surface area (Å²) >= 11 is 0. The fourth-order valence-electron chi connectivity index (χ4n) is 5.03. The van der Waals surface area contributed by atoms with Gasteiger partial charge in [0.25, 0.3) is 0 Å². The molecule has 1 saturated carbocycles. The molecule has 0 saturated heterocycles. The normalized spacial score (nSPS) is 19.1. The van der Waals surface area contributed by atoms with E-state index in [-0.39, 0.29) is 18.7 Å². The maximum absolute atomic E-state index is 15.1. The lowest BCUT2D eigenvalue weighted by Crippen LogP contribution is -2.13. The first-order valence-electron chi connectivity index (χ1n) is 11.3. The third kappa shape index (κ3) is 4.78. The molecule has 1 fully saturated rings. The molecule has 1 aliphatic carbocycles. The number of halogens is 4. The van der Waals surface area contributed by atoms with Crippen molar-refractivity contribution in [2.45, 2.75) is 64.2 Å². The third-order valence-corrected chi connectivity index (χ3v) is 6.80. The first-order valence-corrected chi connectivity index (χ1v) is 11.3. The highest BCUT2D eigenvalue weighted by Crippen LogP contribution is 2.38. The molecule has 0 atom stereocenters. The topological polar surface area (TPSA) is 0 Å². The largest absolute Gasteiger partial charge is 0.206 e. The predicted molar refractivity (Wildman–Crippen MR) is 117 cm³/mol. The van der Waals surface area contributed by atoms with Crippen LogP contribution in [0.2, 0.25) is 0 Å². The standard InChI is InChI=1S/C27H28F4/c1-2-3-17-4-7-19(8-5-17)21-12-13-23-22(16-21)11-10-20(26(23)30)9-6-18-14-24(28)27(31)25(29)15-18/h10-17,19H,2-9H2,1H3. The second-order valence-electron chi connectivity index (χ2n) is 8.90. The minimum absolute atomic E-state index is 0.232. The molecular weight excluding hydrogens is 400 g/mol. The van der Waals surface area contributed by atoms with Crippen LogP contribution >= 0.6 is 0 Å². The quantitative estimate of drug-likeness (QED) is 0.274. The Morgan fingerprint density at radius 3 is 2.16 bits per heavy atom. The van der Waals surface area contributed by atoms with E-state index in [0.29, 0.717) is 22.4 Å². The Kier molecular flexibility index (Phi) is 6.64. The van der Waals surface area contributed by atoms with Crippen molar-refractivity contribution in [3.05, 3.63) is 82.4 Å². The van der Waals surface area contributed by atoms with Gasteiger partial charge in [-0.15, -0.1) is 0 Å². The van der Waals surface area contributed by atoms with Crippen LogP contribution in [0, 0.1) is 29.2 Å². The highest BCUT2D eigenvalue weighted by Gasteiger charge is 2.22. The molecule has 0 radical (unpaired) electrons. The average Bonchev–Trinajstić information content (AvgIpc) is 2.77. The zero-order valence-electron chi connectivity index (χ0n) is 17.9. The van der Waals surface area contributed by atoms with Gasteiger partial charge in [0.15, 0.2) is 17.5 Å². The van der Waals surface area contributed by atoms with Crippen molar-refractivity contribution in [3.63, 3.8) is 0 Å². The van der Waals surface area contributed by atoms with Crippen LogP contribution in [0.15, 0.2) is 42.5 Å². The molecule has 0 aliphatic heterocycles. The molecule has 4 rings (SSSR count). The van der Waals surface area contributed by atoms with E-state index >= 15 is 4.39 Å². The van der Waals surface area contributed by atoms with E-state index in [1.165, 1.54) is 44.1 Å². The average molecular weight is 429 g/mol. The molecule has 3 aromatic carbocycles. The van der Waals surface area contributed by atoms with Gasteiger partial charge in [-0.2, -0.15) is 0 Å². The predicted octanol–water partition coefficient (Wildman–Crippen LogP) is 8.26. The minimum Gasteiger partial charge on any atom is -0.206 e. The number of hydrogen-bond donors (Lipinski definition) is 0. The Bertz CT molecular complexity index is 1040. The summed E-state index contributed by atoms with van der Waals surface area (Å²) in [5.74, 6) is -2.81. The zero-order chi connectivity index (χ0) is 22.0. The van der Waals surface area contributed by atoms with Gasteiger partial charge in [-0.05, 0) is 84.6 Å². The lowest BCUT2D eigenvalue weighted by Gasteiger charge is -2.28. The molecule has 164 valence electrons. The Hall–Kier alpha value is -2.36. The van der Waals surface area contributed by atoms with Crippen molar-refractivity contribution in [3.8, 4) is 0 Å². The lowest BCUT2D eigenvalue weighted by molar-refractivity contribution is 0.308. The van der Waals surface area contributed by atoms with E-state index in [1.807, 2.05) is 18.2 Å². The fraction of sp³-hybridized carbons (Fsp3) is 0.407. The number of aryl methyl sites for hydroxylation is 2. The maximum atomic E-state index is 15.1. The fourth-order valence-corrected chi connectivity index (χ4v) is 5.03. The van der Waals surface area contributed by atoms with Crippen LogP contribution in [0.5, 0.6) is 0 Å². The Labute approximate surface area is 181 Å². The van der Waals surface area contributed by atoms with E-state index in [4.69, 9.17) is 0 Å². The molecule has 0 aromatic heterocycles. The van der Waals surface area contributed by atoms with Crippen molar-refractivity contribution in [2.75, 3.05) is 0 Å². The minimum atomic E-state index is -1.48. The molecule has 0 N–H and O–H groups in total. The second kappa shape index (κ2) is 9.42. The number of hydrogen-bond acceptors (Lipinski definition) is 0. The summed E-state index contributed by atoms with van der Waals surface area (Å²) in [5, 5.41) is 1.45. The SMILES string of the molecule is CCCC1CCC(c2ccc3c(F)c(CCc4cc(F)c(F)c(F)c4)ccc3c2)CC1. The molecule has 4 heteroatoms. The van der Waals surface area contributed by atoms with Gasteiger partial charge in [-0.1, -0.05) is 50.1 Å². The van der Waals surface area contributed by atoms with Crippen LogP contribution in [0.25, 0.3) is 10.8 Å². The van der Waals surface area contributed by atoms with Crippen molar-refractivity contribution in [1.29, 1.82) is 0 Å². The Morgan fingerprint density at radius 2 is 1.48 bits per heavy atom. The van der Waals surface area contributed by atoms with E-state index in [9.17, 15) is 13.2 Å². The van der Waals surface area contributed by atoms with Gasteiger partial charge >= 0.3 is 0 Å². The summed E-state index contributed by atoms with van der Waals surface area (Å²) < 4.78 is 55.1. The van der Waals surface area contributed by atoms with Crippen molar-refractivity contribution in [2.24, 2.45) is 5.92 Å². The van der Waals surface area contributed by atoms with Crippen molar-refractivity contribution in [1.82, 2.24) is 0 Å². The molecule has 1 aliphatic rings. The van der Waals surface area contributed by atoms with Crippen molar-refractivity contribution >= 4 is 10.8 Å². The smallest absolute Gasteiger partial charge is 0.194 e. The summed E-state index contributed by atoms with van der Waals surface area (Å²) in [7, 11) is 0. The summed E-state index contributed by atoms with van der Waals surface area (Å²) in [6.45, 7) is 2.24. The van der Waals surface area contributed by atoms with E-state index in [1.54, 1.807) is 6.07 Å². The van der Waals surface area contributed by atoms with E-state index in [0.717, 1.165) is 23.4 Å². The first-order chi connectivity index (χ1) is 15.0. The number of benzene rings is 3. The third-order valence-electron chi connectivity index (χ3n) is 6.80. The summed E-state index contributed by atoms with van der Waals surface area (Å²) in [6, 6.07) is 11.6. The molecule has 0 bridgehead atoms. The van der Waals surface area contributed by atoms with Crippen LogP contribution in [0.1, 0.15) is 68.1 Å². The van der Waals surface area contributed by atoms with Gasteiger partial charge in [-0.25, -0.2) is 17.6 Å². The van der Waals surface area contributed by atoms with Crippen LogP contribution in [0.4, 0.5) is 17.6 Å². The Balaban J connectivity index is 1.49.